The molecule has 0 bridgehead atoms. The molecule has 2 rings (SSSR count). The Kier molecular flexibility index (Phi) is 5.46. The van der Waals surface area contributed by atoms with E-state index < -0.39 is 0 Å². The molecule has 110 valence electrons. The van der Waals surface area contributed by atoms with E-state index in [1.165, 1.54) is 0 Å². The van der Waals surface area contributed by atoms with E-state index in [0.717, 1.165) is 5.56 Å². The van der Waals surface area contributed by atoms with Crippen LogP contribution >= 0.6 is 11.6 Å². The van der Waals surface area contributed by atoms with Gasteiger partial charge >= 0.3 is 0 Å². The van der Waals surface area contributed by atoms with Gasteiger partial charge in [-0.2, -0.15) is 0 Å². The van der Waals surface area contributed by atoms with Crippen molar-refractivity contribution in [2.75, 3.05) is 18.9 Å². The molecule has 0 aliphatic heterocycles. The Morgan fingerprint density at radius 3 is 2.76 bits per heavy atom. The highest BCUT2D eigenvalue weighted by Crippen LogP contribution is 2.14. The lowest BCUT2D eigenvalue weighted by Gasteiger charge is -2.08. The van der Waals surface area contributed by atoms with Gasteiger partial charge in [-0.15, -0.1) is 0 Å². The minimum atomic E-state index is -0.0616. The topological polar surface area (TPSA) is 64.3 Å². The molecular formula is C16H17ClN2O2. The Balaban J connectivity index is 1.70. The SMILES string of the molecule is Nc1cccc(OCCNC(=O)Cc2cccc(Cl)c2)c1. The second-order valence-corrected chi connectivity index (χ2v) is 5.01. The van der Waals surface area contributed by atoms with Crippen LogP contribution < -0.4 is 15.8 Å². The third-order valence-electron chi connectivity index (χ3n) is 2.80. The molecule has 0 fully saturated rings. The van der Waals surface area contributed by atoms with Gasteiger partial charge in [0.1, 0.15) is 12.4 Å². The summed E-state index contributed by atoms with van der Waals surface area (Å²) in [5, 5.41) is 3.43. The predicted molar refractivity (Wildman–Crippen MR) is 84.5 cm³/mol. The van der Waals surface area contributed by atoms with Crippen molar-refractivity contribution in [2.24, 2.45) is 0 Å². The lowest BCUT2D eigenvalue weighted by molar-refractivity contribution is -0.120. The third kappa shape index (κ3) is 5.36. The number of nitrogen functional groups attached to an aromatic ring is 1. The van der Waals surface area contributed by atoms with Crippen molar-refractivity contribution in [2.45, 2.75) is 6.42 Å². The average molecular weight is 305 g/mol. The fraction of sp³-hybridized carbons (Fsp3) is 0.188. The molecule has 2 aromatic carbocycles. The molecule has 0 aromatic heterocycles. The van der Waals surface area contributed by atoms with Crippen LogP contribution in [0.4, 0.5) is 5.69 Å². The van der Waals surface area contributed by atoms with Crippen molar-refractivity contribution >= 4 is 23.2 Å². The highest BCUT2D eigenvalue weighted by atomic mass is 35.5. The molecule has 3 N–H and O–H groups in total. The second-order valence-electron chi connectivity index (χ2n) is 4.58. The Labute approximate surface area is 128 Å². The van der Waals surface area contributed by atoms with Gasteiger partial charge in [-0.25, -0.2) is 0 Å². The Morgan fingerprint density at radius 2 is 2.00 bits per heavy atom. The summed E-state index contributed by atoms with van der Waals surface area (Å²) in [7, 11) is 0. The fourth-order valence-corrected chi connectivity index (χ4v) is 2.07. The van der Waals surface area contributed by atoms with E-state index in [0.29, 0.717) is 36.0 Å². The number of anilines is 1. The van der Waals surface area contributed by atoms with Crippen LogP contribution in [0.25, 0.3) is 0 Å². The number of halogens is 1. The van der Waals surface area contributed by atoms with Crippen LogP contribution in [0.15, 0.2) is 48.5 Å². The van der Waals surface area contributed by atoms with Crippen LogP contribution in [0.1, 0.15) is 5.56 Å². The number of carbonyl (C=O) groups excluding carboxylic acids is 1. The monoisotopic (exact) mass is 304 g/mol. The predicted octanol–water partition coefficient (Wildman–Crippen LogP) is 2.66. The molecule has 0 unspecified atom stereocenters. The van der Waals surface area contributed by atoms with Gasteiger partial charge in [0, 0.05) is 16.8 Å². The minimum absolute atomic E-state index is 0.0616. The summed E-state index contributed by atoms with van der Waals surface area (Å²) in [4.78, 5) is 11.8. The van der Waals surface area contributed by atoms with Crippen molar-refractivity contribution in [3.63, 3.8) is 0 Å². The van der Waals surface area contributed by atoms with Gasteiger partial charge in [-0.05, 0) is 29.8 Å². The summed E-state index contributed by atoms with van der Waals surface area (Å²) in [6.07, 6.45) is 0.304. The first-order chi connectivity index (χ1) is 10.1. The first-order valence-corrected chi connectivity index (χ1v) is 7.01. The quantitative estimate of drug-likeness (QED) is 0.637. The molecular weight excluding hydrogens is 288 g/mol. The number of ether oxygens (including phenoxy) is 1. The lowest BCUT2D eigenvalue weighted by atomic mass is 10.1. The number of hydrogen-bond acceptors (Lipinski definition) is 3. The summed E-state index contributed by atoms with van der Waals surface area (Å²) < 4.78 is 5.49. The van der Waals surface area contributed by atoms with E-state index in [1.54, 1.807) is 24.3 Å². The van der Waals surface area contributed by atoms with E-state index >= 15 is 0 Å². The van der Waals surface area contributed by atoms with Gasteiger partial charge < -0.3 is 15.8 Å². The summed E-state index contributed by atoms with van der Waals surface area (Å²) >= 11 is 5.87. The molecule has 0 heterocycles. The number of benzene rings is 2. The highest BCUT2D eigenvalue weighted by Gasteiger charge is 2.03. The second kappa shape index (κ2) is 7.55. The number of rotatable bonds is 6. The molecule has 2 aromatic rings. The summed E-state index contributed by atoms with van der Waals surface area (Å²) in [5.41, 5.74) is 7.18. The number of nitrogens with one attached hydrogen (secondary N) is 1. The van der Waals surface area contributed by atoms with Crippen LogP contribution in [-0.2, 0) is 11.2 Å². The third-order valence-corrected chi connectivity index (χ3v) is 3.04. The van der Waals surface area contributed by atoms with Crippen LogP contribution in [0.5, 0.6) is 5.75 Å². The molecule has 0 spiro atoms. The first kappa shape index (κ1) is 15.2. The van der Waals surface area contributed by atoms with Crippen LogP contribution in [-0.4, -0.2) is 19.1 Å². The summed E-state index contributed by atoms with van der Waals surface area (Å²) in [5.74, 6) is 0.632. The molecule has 0 atom stereocenters. The van der Waals surface area contributed by atoms with E-state index in [4.69, 9.17) is 22.1 Å². The molecule has 0 saturated carbocycles. The Bertz CT molecular complexity index is 617. The number of hydrogen-bond donors (Lipinski definition) is 2. The largest absolute Gasteiger partial charge is 0.492 e. The van der Waals surface area contributed by atoms with Gasteiger partial charge in [0.05, 0.1) is 13.0 Å². The highest BCUT2D eigenvalue weighted by molar-refractivity contribution is 6.30. The molecule has 4 nitrogen and oxygen atoms in total. The molecule has 1 amide bonds. The normalized spacial score (nSPS) is 10.1. The summed E-state index contributed by atoms with van der Waals surface area (Å²) in [6, 6.07) is 14.4. The maximum Gasteiger partial charge on any atom is 0.224 e. The van der Waals surface area contributed by atoms with Crippen molar-refractivity contribution < 1.29 is 9.53 Å². The standard InChI is InChI=1S/C16H17ClN2O2/c17-13-4-1-3-12(9-13)10-16(20)19-7-8-21-15-6-2-5-14(18)11-15/h1-6,9,11H,7-8,10,18H2,(H,19,20). The van der Waals surface area contributed by atoms with Gasteiger partial charge in [-0.3, -0.25) is 4.79 Å². The number of amides is 1. The zero-order valence-corrected chi connectivity index (χ0v) is 12.3. The molecule has 21 heavy (non-hydrogen) atoms. The van der Waals surface area contributed by atoms with Gasteiger partial charge in [0.2, 0.25) is 5.91 Å². The zero-order valence-electron chi connectivity index (χ0n) is 11.5. The summed E-state index contributed by atoms with van der Waals surface area (Å²) in [6.45, 7) is 0.832. The number of nitrogens with two attached hydrogens (primary N) is 1. The van der Waals surface area contributed by atoms with Crippen molar-refractivity contribution in [3.8, 4) is 5.75 Å². The lowest BCUT2D eigenvalue weighted by Crippen LogP contribution is -2.29. The molecule has 0 saturated heterocycles. The Morgan fingerprint density at radius 1 is 1.19 bits per heavy atom. The smallest absolute Gasteiger partial charge is 0.224 e. The minimum Gasteiger partial charge on any atom is -0.492 e. The molecule has 0 radical (unpaired) electrons. The molecule has 0 aliphatic rings. The van der Waals surface area contributed by atoms with Crippen molar-refractivity contribution in [3.05, 3.63) is 59.1 Å². The maximum atomic E-state index is 11.8. The Hall–Kier alpha value is -2.20. The molecule has 0 aliphatic carbocycles. The molecule has 5 heteroatoms. The van der Waals surface area contributed by atoms with E-state index in [-0.39, 0.29) is 5.91 Å². The van der Waals surface area contributed by atoms with Gasteiger partial charge in [0.25, 0.3) is 0 Å². The first-order valence-electron chi connectivity index (χ1n) is 6.63. The van der Waals surface area contributed by atoms with Crippen LogP contribution in [0.2, 0.25) is 5.02 Å². The van der Waals surface area contributed by atoms with Gasteiger partial charge in [-0.1, -0.05) is 29.8 Å². The zero-order chi connectivity index (χ0) is 15.1. The van der Waals surface area contributed by atoms with Gasteiger partial charge in [0.15, 0.2) is 0 Å². The van der Waals surface area contributed by atoms with E-state index in [2.05, 4.69) is 5.32 Å². The number of carbonyl (C=O) groups is 1. The van der Waals surface area contributed by atoms with Crippen LogP contribution in [0.3, 0.4) is 0 Å². The van der Waals surface area contributed by atoms with Crippen molar-refractivity contribution in [1.29, 1.82) is 0 Å². The maximum absolute atomic E-state index is 11.8. The van der Waals surface area contributed by atoms with Crippen molar-refractivity contribution in [1.82, 2.24) is 5.32 Å². The fourth-order valence-electron chi connectivity index (χ4n) is 1.86. The van der Waals surface area contributed by atoms with E-state index in [1.807, 2.05) is 24.3 Å². The van der Waals surface area contributed by atoms with Crippen LogP contribution in [0, 0.1) is 0 Å². The van der Waals surface area contributed by atoms with E-state index in [9.17, 15) is 4.79 Å². The average Bonchev–Trinajstić information content (AvgIpc) is 2.44.